The lowest BCUT2D eigenvalue weighted by Gasteiger charge is -2.24. The van der Waals surface area contributed by atoms with Gasteiger partial charge >= 0.3 is 6.03 Å². The number of H-pyrrole nitrogens is 1. The van der Waals surface area contributed by atoms with Gasteiger partial charge in [0.25, 0.3) is 23.7 Å². The predicted octanol–water partition coefficient (Wildman–Crippen LogP) is 6.04. The summed E-state index contributed by atoms with van der Waals surface area (Å²) in [4.78, 5) is 55.1. The highest BCUT2D eigenvalue weighted by Crippen LogP contribution is 2.30. The van der Waals surface area contributed by atoms with Gasteiger partial charge in [0.15, 0.2) is 0 Å². The van der Waals surface area contributed by atoms with E-state index in [1.807, 2.05) is 31.2 Å². The molecule has 0 saturated heterocycles. The Balaban J connectivity index is 1.23. The minimum Gasteiger partial charge on any atom is -0.308 e. The molecule has 0 spiro atoms. The fraction of sp³-hybridized carbons (Fsp3) is 0.265. The van der Waals surface area contributed by atoms with Crippen molar-refractivity contribution >= 4 is 46.6 Å². The third-order valence-electron chi connectivity index (χ3n) is 8.17. The Hall–Kier alpha value is -5.65. The second-order valence-corrected chi connectivity index (χ2v) is 11.3. The van der Waals surface area contributed by atoms with Crippen LogP contribution in [0.5, 0.6) is 0 Å². The lowest BCUT2D eigenvalue weighted by molar-refractivity contribution is 0.0652. The molecule has 0 radical (unpaired) electrons. The van der Waals surface area contributed by atoms with Gasteiger partial charge in [0.1, 0.15) is 0 Å². The molecule has 1 aliphatic heterocycles. The molecule has 3 N–H and O–H groups in total. The first-order valence-corrected chi connectivity index (χ1v) is 15.4. The number of amides is 5. The third-order valence-corrected chi connectivity index (χ3v) is 8.17. The van der Waals surface area contributed by atoms with Crippen LogP contribution in [0.4, 0.5) is 22.1 Å². The molecule has 0 saturated carbocycles. The van der Waals surface area contributed by atoms with Crippen molar-refractivity contribution in [3.05, 3.63) is 101 Å². The summed E-state index contributed by atoms with van der Waals surface area (Å²) in [6, 6.07) is 19.2. The molecule has 0 unspecified atom stereocenters. The van der Waals surface area contributed by atoms with Crippen LogP contribution in [0.15, 0.2) is 72.8 Å². The summed E-state index contributed by atoms with van der Waals surface area (Å²) in [6.07, 6.45) is 8.33. The smallest absolute Gasteiger partial charge is 0.308 e. The molecule has 3 aromatic carbocycles. The zero-order valence-electron chi connectivity index (χ0n) is 25.5. The molecule has 2 heterocycles. The van der Waals surface area contributed by atoms with Crippen LogP contribution in [0, 0.1) is 0 Å². The molecule has 12 heteroatoms. The zero-order chi connectivity index (χ0) is 32.0. The molecule has 1 aliphatic carbocycles. The Bertz CT molecular complexity index is 1780. The van der Waals surface area contributed by atoms with Crippen molar-refractivity contribution in [3.63, 3.8) is 0 Å². The number of urea groups is 1. The average Bonchev–Trinajstić information content (AvgIpc) is 3.68. The highest BCUT2D eigenvalue weighted by atomic mass is 16.2. The number of allylic oxidation sites excluding steroid dienone is 2. The lowest BCUT2D eigenvalue weighted by Crippen LogP contribution is -2.34. The van der Waals surface area contributed by atoms with E-state index >= 15 is 0 Å². The number of benzene rings is 3. The molecule has 4 aromatic rings. The highest BCUT2D eigenvalue weighted by Gasteiger charge is 2.35. The van der Waals surface area contributed by atoms with E-state index in [1.54, 1.807) is 47.4 Å². The topological polar surface area (TPSA) is 153 Å². The highest BCUT2D eigenvalue weighted by molar-refractivity contribution is 6.22. The number of carbonyl (C=O) groups is 4. The maximum atomic E-state index is 13.9. The SMILES string of the molecule is CCCCN1C(=O)c2ccc(NC(=O)N(Cc3ccc(C(=O)Nc4nn[nH]n4)cc3)c3ccc(C4=CCCCC4)cc3)cc2C1=O. The fourth-order valence-electron chi connectivity index (χ4n) is 5.65. The number of hydrogen-bond acceptors (Lipinski definition) is 7. The normalized spacial score (nSPS) is 14.1. The molecular formula is C34H34N8O4. The monoisotopic (exact) mass is 618 g/mol. The van der Waals surface area contributed by atoms with Gasteiger partial charge < -0.3 is 5.32 Å². The van der Waals surface area contributed by atoms with E-state index in [1.165, 1.54) is 16.9 Å². The van der Waals surface area contributed by atoms with E-state index in [-0.39, 0.29) is 29.9 Å². The third kappa shape index (κ3) is 6.55. The van der Waals surface area contributed by atoms with E-state index < -0.39 is 11.9 Å². The van der Waals surface area contributed by atoms with Gasteiger partial charge in [-0.3, -0.25) is 29.5 Å². The number of nitrogens with one attached hydrogen (secondary N) is 3. The quantitative estimate of drug-likeness (QED) is 0.183. The standard InChI is InChI=1S/C34H34N8O4/c1-2-3-19-41-31(44)28-18-15-26(20-29(28)32(41)45)35-34(46)42(27-16-13-24(14-17-27)23-7-5-4-6-8-23)21-22-9-11-25(12-10-22)30(43)36-33-37-39-40-38-33/h7,9-18,20H,2-6,8,19,21H2,1H3,(H,35,46)(H2,36,37,38,39,40,43). The van der Waals surface area contributed by atoms with Crippen LogP contribution < -0.4 is 15.5 Å². The Morgan fingerprint density at radius 2 is 1.72 bits per heavy atom. The van der Waals surface area contributed by atoms with E-state index in [0.717, 1.165) is 43.2 Å². The van der Waals surface area contributed by atoms with Gasteiger partial charge in [0.05, 0.1) is 17.7 Å². The van der Waals surface area contributed by atoms with Crippen LogP contribution in [-0.4, -0.2) is 55.8 Å². The number of rotatable bonds is 10. The maximum absolute atomic E-state index is 13.9. The van der Waals surface area contributed by atoms with Gasteiger partial charge in [0.2, 0.25) is 0 Å². The number of unbranched alkanes of at least 4 members (excludes halogenated alkanes) is 1. The Labute approximate surface area is 265 Å². The molecule has 6 rings (SSSR count). The second kappa shape index (κ2) is 13.6. The number of imide groups is 1. The van der Waals surface area contributed by atoms with Gasteiger partial charge in [-0.2, -0.15) is 5.21 Å². The summed E-state index contributed by atoms with van der Waals surface area (Å²) >= 11 is 0. The summed E-state index contributed by atoms with van der Waals surface area (Å²) < 4.78 is 0. The van der Waals surface area contributed by atoms with Crippen molar-refractivity contribution < 1.29 is 19.2 Å². The molecule has 0 fully saturated rings. The largest absolute Gasteiger partial charge is 0.326 e. The molecule has 46 heavy (non-hydrogen) atoms. The summed E-state index contributed by atoms with van der Waals surface area (Å²) in [6.45, 7) is 2.57. The maximum Gasteiger partial charge on any atom is 0.326 e. The van der Waals surface area contributed by atoms with Crippen LogP contribution in [0.1, 0.15) is 87.6 Å². The van der Waals surface area contributed by atoms with E-state index in [9.17, 15) is 19.2 Å². The summed E-state index contributed by atoms with van der Waals surface area (Å²) in [5.41, 5.74) is 5.33. The average molecular weight is 619 g/mol. The minimum absolute atomic E-state index is 0.0654. The summed E-state index contributed by atoms with van der Waals surface area (Å²) in [7, 11) is 0. The van der Waals surface area contributed by atoms with Crippen LogP contribution in [-0.2, 0) is 6.54 Å². The molecule has 5 amide bonds. The Morgan fingerprint density at radius 1 is 0.935 bits per heavy atom. The van der Waals surface area contributed by atoms with Crippen molar-refractivity contribution in [3.8, 4) is 0 Å². The lowest BCUT2D eigenvalue weighted by atomic mass is 9.93. The van der Waals surface area contributed by atoms with Crippen molar-refractivity contribution in [1.82, 2.24) is 25.5 Å². The number of hydrogen-bond donors (Lipinski definition) is 3. The van der Waals surface area contributed by atoms with Crippen molar-refractivity contribution in [2.75, 3.05) is 22.1 Å². The van der Waals surface area contributed by atoms with Crippen LogP contribution in [0.2, 0.25) is 0 Å². The van der Waals surface area contributed by atoms with Crippen molar-refractivity contribution in [1.29, 1.82) is 0 Å². The number of anilines is 3. The Kier molecular flexibility index (Phi) is 8.95. The van der Waals surface area contributed by atoms with Gasteiger partial charge in [0, 0.05) is 23.5 Å². The molecule has 1 aromatic heterocycles. The number of aromatic amines is 1. The number of tetrazole rings is 1. The minimum atomic E-state index is -0.414. The van der Waals surface area contributed by atoms with E-state index in [4.69, 9.17) is 0 Å². The van der Waals surface area contributed by atoms with Crippen LogP contribution in [0.3, 0.4) is 0 Å². The molecule has 2 aliphatic rings. The summed E-state index contributed by atoms with van der Waals surface area (Å²) in [5, 5.41) is 18.7. The number of nitrogens with zero attached hydrogens (tertiary/aromatic N) is 5. The number of carbonyl (C=O) groups excluding carboxylic acids is 4. The molecule has 0 atom stereocenters. The van der Waals surface area contributed by atoms with Crippen LogP contribution >= 0.6 is 0 Å². The van der Waals surface area contributed by atoms with Gasteiger partial charge in [-0.1, -0.05) is 48.8 Å². The fourth-order valence-corrected chi connectivity index (χ4v) is 5.65. The van der Waals surface area contributed by atoms with Crippen molar-refractivity contribution in [2.24, 2.45) is 0 Å². The zero-order valence-corrected chi connectivity index (χ0v) is 25.5. The van der Waals surface area contributed by atoms with Gasteiger partial charge in [-0.05, 0) is 96.5 Å². The predicted molar refractivity (Wildman–Crippen MR) is 173 cm³/mol. The molecular weight excluding hydrogens is 584 g/mol. The second-order valence-electron chi connectivity index (χ2n) is 11.3. The van der Waals surface area contributed by atoms with Crippen LogP contribution in [0.25, 0.3) is 5.57 Å². The number of fused-ring (bicyclic) bond motifs is 1. The van der Waals surface area contributed by atoms with Gasteiger partial charge in [-0.25, -0.2) is 4.79 Å². The molecule has 12 nitrogen and oxygen atoms in total. The summed E-state index contributed by atoms with van der Waals surface area (Å²) in [5.74, 6) is -0.989. The first-order chi connectivity index (χ1) is 22.4. The number of aromatic nitrogens is 4. The van der Waals surface area contributed by atoms with Gasteiger partial charge in [-0.15, -0.1) is 5.10 Å². The van der Waals surface area contributed by atoms with Crippen molar-refractivity contribution in [2.45, 2.75) is 52.0 Å². The first-order valence-electron chi connectivity index (χ1n) is 15.4. The van der Waals surface area contributed by atoms with E-state index in [0.29, 0.717) is 29.0 Å². The Morgan fingerprint density at radius 3 is 2.41 bits per heavy atom. The molecule has 0 bridgehead atoms. The van der Waals surface area contributed by atoms with E-state index in [2.05, 4.69) is 37.3 Å². The first kappa shape index (κ1) is 30.4. The molecule has 234 valence electrons.